The van der Waals surface area contributed by atoms with Crippen molar-refractivity contribution in [1.29, 1.82) is 0 Å². The Labute approximate surface area is 264 Å². The SMILES string of the molecule is CC(Sc1ccc(NC(=O)/C(=C/c2ccc(N(C)C)cc2)NC(=O)c2ccccc2)cc1)C(=O)Nc1ccc(O)c(C(=O)O)c1. The molecule has 10 nitrogen and oxygen atoms in total. The van der Waals surface area contributed by atoms with Crippen LogP contribution in [0.3, 0.4) is 0 Å². The van der Waals surface area contributed by atoms with Gasteiger partial charge in [0.1, 0.15) is 17.0 Å². The highest BCUT2D eigenvalue weighted by Gasteiger charge is 2.18. The van der Waals surface area contributed by atoms with Crippen LogP contribution < -0.4 is 20.9 Å². The maximum absolute atomic E-state index is 13.4. The molecule has 0 saturated heterocycles. The van der Waals surface area contributed by atoms with Crippen molar-refractivity contribution in [2.75, 3.05) is 29.6 Å². The van der Waals surface area contributed by atoms with E-state index in [0.717, 1.165) is 16.1 Å². The van der Waals surface area contributed by atoms with Crippen molar-refractivity contribution >= 4 is 58.6 Å². The van der Waals surface area contributed by atoms with Crippen molar-refractivity contribution in [3.05, 3.63) is 119 Å². The number of rotatable bonds is 11. The summed E-state index contributed by atoms with van der Waals surface area (Å²) < 4.78 is 0. The van der Waals surface area contributed by atoms with Crippen LogP contribution in [0, 0.1) is 0 Å². The summed E-state index contributed by atoms with van der Waals surface area (Å²) in [4.78, 5) is 53.0. The second kappa shape index (κ2) is 14.8. The number of hydrogen-bond acceptors (Lipinski definition) is 7. The monoisotopic (exact) mass is 624 g/mol. The quantitative estimate of drug-likeness (QED) is 0.0813. The van der Waals surface area contributed by atoms with Gasteiger partial charge in [0.15, 0.2) is 0 Å². The molecule has 0 aromatic heterocycles. The van der Waals surface area contributed by atoms with Gasteiger partial charge in [-0.05, 0) is 85.3 Å². The fraction of sp³-hybridized carbons (Fsp3) is 0.118. The van der Waals surface area contributed by atoms with Gasteiger partial charge in [-0.1, -0.05) is 30.3 Å². The number of thioether (sulfide) groups is 1. The third-order valence-corrected chi connectivity index (χ3v) is 7.65. The number of amides is 3. The number of carboxylic acid groups (broad SMARTS) is 1. The van der Waals surface area contributed by atoms with Crippen molar-refractivity contribution in [1.82, 2.24) is 5.32 Å². The molecule has 0 aliphatic heterocycles. The Bertz CT molecular complexity index is 1720. The fourth-order valence-electron chi connectivity index (χ4n) is 4.08. The Kier molecular flexibility index (Phi) is 10.6. The van der Waals surface area contributed by atoms with Gasteiger partial charge in [0.2, 0.25) is 5.91 Å². The minimum absolute atomic E-state index is 0.0606. The summed E-state index contributed by atoms with van der Waals surface area (Å²) in [5, 5.41) is 26.5. The van der Waals surface area contributed by atoms with E-state index >= 15 is 0 Å². The topological polar surface area (TPSA) is 148 Å². The molecule has 45 heavy (non-hydrogen) atoms. The molecule has 0 spiro atoms. The maximum atomic E-state index is 13.4. The average Bonchev–Trinajstić information content (AvgIpc) is 3.03. The molecule has 0 radical (unpaired) electrons. The van der Waals surface area contributed by atoms with Gasteiger partial charge >= 0.3 is 5.97 Å². The summed E-state index contributed by atoms with van der Waals surface area (Å²) in [6.07, 6.45) is 1.60. The minimum Gasteiger partial charge on any atom is -0.507 e. The molecule has 4 rings (SSSR count). The van der Waals surface area contributed by atoms with E-state index in [1.807, 2.05) is 43.3 Å². The number of nitrogens with one attached hydrogen (secondary N) is 3. The number of carbonyl (C=O) groups is 4. The van der Waals surface area contributed by atoms with E-state index in [9.17, 15) is 29.4 Å². The lowest BCUT2D eigenvalue weighted by Gasteiger charge is -2.14. The molecule has 0 aliphatic carbocycles. The summed E-state index contributed by atoms with van der Waals surface area (Å²) in [6.45, 7) is 1.70. The highest BCUT2D eigenvalue weighted by atomic mass is 32.2. The normalized spacial score (nSPS) is 11.7. The van der Waals surface area contributed by atoms with Gasteiger partial charge in [-0.3, -0.25) is 14.4 Å². The average molecular weight is 625 g/mol. The Morgan fingerprint density at radius 1 is 0.822 bits per heavy atom. The molecule has 3 amide bonds. The first kappa shape index (κ1) is 32.4. The van der Waals surface area contributed by atoms with Gasteiger partial charge in [0.25, 0.3) is 11.8 Å². The van der Waals surface area contributed by atoms with Crippen LogP contribution in [-0.4, -0.2) is 53.2 Å². The van der Waals surface area contributed by atoms with Crippen LogP contribution in [-0.2, 0) is 9.59 Å². The largest absolute Gasteiger partial charge is 0.507 e. The standard InChI is InChI=1S/C34H32N4O6S/c1-21(31(40)36-25-13-18-30(39)28(20-25)34(43)44)45-27-16-11-24(12-17-27)35-33(42)29(37-32(41)23-7-5-4-6-8-23)19-22-9-14-26(15-10-22)38(2)3/h4-21,39H,1-3H3,(H,35,42)(H,36,40)(H,37,41)(H,43,44)/b29-19-. The van der Waals surface area contributed by atoms with Crippen molar-refractivity contribution < 1.29 is 29.4 Å². The molecule has 0 bridgehead atoms. The Morgan fingerprint density at radius 3 is 2.09 bits per heavy atom. The van der Waals surface area contributed by atoms with E-state index in [1.54, 1.807) is 67.6 Å². The molecular weight excluding hydrogens is 592 g/mol. The van der Waals surface area contributed by atoms with Crippen LogP contribution in [0.2, 0.25) is 0 Å². The number of benzene rings is 4. The lowest BCUT2D eigenvalue weighted by Crippen LogP contribution is -2.30. The van der Waals surface area contributed by atoms with Gasteiger partial charge in [0.05, 0.1) is 5.25 Å². The summed E-state index contributed by atoms with van der Waals surface area (Å²) >= 11 is 1.27. The number of carboxylic acids is 1. The molecule has 0 fully saturated rings. The van der Waals surface area contributed by atoms with E-state index in [4.69, 9.17) is 0 Å². The summed E-state index contributed by atoms with van der Waals surface area (Å²) in [5.41, 5.74) is 2.60. The Morgan fingerprint density at radius 2 is 1.47 bits per heavy atom. The maximum Gasteiger partial charge on any atom is 0.339 e. The number of carbonyl (C=O) groups excluding carboxylic acids is 3. The first-order valence-electron chi connectivity index (χ1n) is 13.8. The van der Waals surface area contributed by atoms with Crippen LogP contribution in [0.1, 0.15) is 33.2 Å². The number of aromatic carboxylic acids is 1. The first-order chi connectivity index (χ1) is 21.5. The third-order valence-electron chi connectivity index (χ3n) is 6.54. The molecule has 5 N–H and O–H groups in total. The Hall–Kier alpha value is -5.55. The number of nitrogens with zero attached hydrogens (tertiary/aromatic N) is 1. The summed E-state index contributed by atoms with van der Waals surface area (Å²) in [6, 6.07) is 26.8. The van der Waals surface area contributed by atoms with E-state index in [0.29, 0.717) is 11.3 Å². The lowest BCUT2D eigenvalue weighted by atomic mass is 10.1. The molecule has 0 saturated carbocycles. The molecule has 1 atom stereocenters. The van der Waals surface area contributed by atoms with Crippen molar-refractivity contribution in [3.8, 4) is 5.75 Å². The lowest BCUT2D eigenvalue weighted by molar-refractivity contribution is -0.115. The van der Waals surface area contributed by atoms with Crippen LogP contribution in [0.5, 0.6) is 5.75 Å². The summed E-state index contributed by atoms with van der Waals surface area (Å²) in [7, 11) is 3.86. The van der Waals surface area contributed by atoms with Crippen molar-refractivity contribution in [3.63, 3.8) is 0 Å². The summed E-state index contributed by atoms with van der Waals surface area (Å²) in [5.74, 6) is -3.00. The zero-order valence-corrected chi connectivity index (χ0v) is 25.6. The zero-order chi connectivity index (χ0) is 32.5. The Balaban J connectivity index is 1.44. The third kappa shape index (κ3) is 8.97. The highest BCUT2D eigenvalue weighted by Crippen LogP contribution is 2.27. The van der Waals surface area contributed by atoms with Gasteiger partial charge in [-0.25, -0.2) is 4.79 Å². The van der Waals surface area contributed by atoms with Crippen LogP contribution >= 0.6 is 11.8 Å². The number of anilines is 3. The van der Waals surface area contributed by atoms with Gasteiger partial charge in [-0.2, -0.15) is 0 Å². The molecule has 11 heteroatoms. The predicted octanol–water partition coefficient (Wildman–Crippen LogP) is 5.69. The molecule has 4 aromatic carbocycles. The second-order valence-electron chi connectivity index (χ2n) is 10.1. The fourth-order valence-corrected chi connectivity index (χ4v) is 4.95. The molecule has 230 valence electrons. The number of hydrogen-bond donors (Lipinski definition) is 5. The number of aromatic hydroxyl groups is 1. The van der Waals surface area contributed by atoms with E-state index in [1.165, 1.54) is 30.0 Å². The molecule has 4 aromatic rings. The minimum atomic E-state index is -1.31. The van der Waals surface area contributed by atoms with E-state index in [2.05, 4.69) is 16.0 Å². The molecule has 0 heterocycles. The molecule has 1 unspecified atom stereocenters. The predicted molar refractivity (Wildman–Crippen MR) is 177 cm³/mol. The zero-order valence-electron chi connectivity index (χ0n) is 24.8. The highest BCUT2D eigenvalue weighted by molar-refractivity contribution is 8.00. The smallest absolute Gasteiger partial charge is 0.339 e. The van der Waals surface area contributed by atoms with Crippen LogP contribution in [0.25, 0.3) is 6.08 Å². The molecule has 0 aliphatic rings. The first-order valence-corrected chi connectivity index (χ1v) is 14.7. The van der Waals surface area contributed by atoms with Crippen molar-refractivity contribution in [2.24, 2.45) is 0 Å². The van der Waals surface area contributed by atoms with E-state index < -0.39 is 28.8 Å². The van der Waals surface area contributed by atoms with E-state index in [-0.39, 0.29) is 22.9 Å². The van der Waals surface area contributed by atoms with Gasteiger partial charge in [0, 0.05) is 41.6 Å². The second-order valence-corrected chi connectivity index (χ2v) is 11.5. The van der Waals surface area contributed by atoms with Gasteiger partial charge < -0.3 is 31.1 Å². The van der Waals surface area contributed by atoms with Crippen LogP contribution in [0.15, 0.2) is 108 Å². The van der Waals surface area contributed by atoms with Gasteiger partial charge in [-0.15, -0.1) is 11.8 Å². The van der Waals surface area contributed by atoms with Crippen molar-refractivity contribution in [2.45, 2.75) is 17.1 Å². The number of phenols is 1. The molecular formula is C34H32N4O6S. The van der Waals surface area contributed by atoms with Crippen LogP contribution in [0.4, 0.5) is 17.1 Å².